The fourth-order valence-electron chi connectivity index (χ4n) is 2.07. The van der Waals surface area contributed by atoms with Crippen LogP contribution in [0.2, 0.25) is 0 Å². The highest BCUT2D eigenvalue weighted by molar-refractivity contribution is 7.85. The zero-order valence-electron chi connectivity index (χ0n) is 12.5. The van der Waals surface area contributed by atoms with E-state index in [1.807, 2.05) is 13.8 Å². The first-order chi connectivity index (χ1) is 9.28. The van der Waals surface area contributed by atoms with Crippen molar-refractivity contribution in [1.29, 1.82) is 0 Å². The first kappa shape index (κ1) is 19.1. The lowest BCUT2D eigenvalue weighted by Gasteiger charge is -2.36. The number of rotatable bonds is 10. The fraction of sp³-hybridized carbons (Fsp3) is 0.769. The molecule has 0 bridgehead atoms. The molecule has 0 unspecified atom stereocenters. The fourth-order valence-corrected chi connectivity index (χ4v) is 2.57. The van der Waals surface area contributed by atoms with Gasteiger partial charge in [-0.15, -0.1) is 0 Å². The zero-order valence-corrected chi connectivity index (χ0v) is 13.4. The number of nitrogens with zero attached hydrogens (tertiary/aromatic N) is 1. The summed E-state index contributed by atoms with van der Waals surface area (Å²) in [6.45, 7) is 9.00. The van der Waals surface area contributed by atoms with Crippen LogP contribution in [0.1, 0.15) is 27.2 Å². The SMILES string of the molecule is CC=CC(=O)OCC[N+](CC)(CC)CCCS(=O)(=O)O. The van der Waals surface area contributed by atoms with Crippen LogP contribution in [0.5, 0.6) is 0 Å². The van der Waals surface area contributed by atoms with Gasteiger partial charge in [0, 0.05) is 12.5 Å². The number of allylic oxidation sites excluding steroid dienone is 1. The van der Waals surface area contributed by atoms with E-state index in [0.29, 0.717) is 30.6 Å². The minimum absolute atomic E-state index is 0.231. The second kappa shape index (κ2) is 9.10. The van der Waals surface area contributed by atoms with Crippen LogP contribution in [0.4, 0.5) is 0 Å². The molecular weight excluding hydrogens is 282 g/mol. The maximum Gasteiger partial charge on any atom is 0.330 e. The van der Waals surface area contributed by atoms with Gasteiger partial charge in [-0.05, 0) is 20.8 Å². The van der Waals surface area contributed by atoms with Crippen molar-refractivity contribution in [1.82, 2.24) is 0 Å². The van der Waals surface area contributed by atoms with E-state index in [1.165, 1.54) is 6.08 Å². The lowest BCUT2D eigenvalue weighted by molar-refractivity contribution is -0.925. The van der Waals surface area contributed by atoms with Crippen LogP contribution in [-0.4, -0.2) is 62.0 Å². The zero-order chi connectivity index (χ0) is 15.6. The predicted molar refractivity (Wildman–Crippen MR) is 77.9 cm³/mol. The largest absolute Gasteiger partial charge is 0.457 e. The number of hydrogen-bond donors (Lipinski definition) is 1. The Hall–Kier alpha value is -0.920. The molecule has 0 aliphatic carbocycles. The van der Waals surface area contributed by atoms with Crippen molar-refractivity contribution in [3.05, 3.63) is 12.2 Å². The van der Waals surface area contributed by atoms with Crippen LogP contribution in [0.25, 0.3) is 0 Å². The first-order valence-corrected chi connectivity index (χ1v) is 8.49. The molecule has 1 N–H and O–H groups in total. The number of carbonyl (C=O) groups excluding carboxylic acids is 1. The highest BCUT2D eigenvalue weighted by Crippen LogP contribution is 2.09. The summed E-state index contributed by atoms with van der Waals surface area (Å²) in [5.41, 5.74) is 0. The van der Waals surface area contributed by atoms with E-state index in [-0.39, 0.29) is 11.7 Å². The molecule has 0 aromatic heterocycles. The summed E-state index contributed by atoms with van der Waals surface area (Å²) < 4.78 is 36.0. The quantitative estimate of drug-likeness (QED) is 0.284. The molecule has 0 amide bonds. The average molecular weight is 308 g/mol. The van der Waals surface area contributed by atoms with Gasteiger partial charge < -0.3 is 9.22 Å². The summed E-state index contributed by atoms with van der Waals surface area (Å²) >= 11 is 0. The van der Waals surface area contributed by atoms with Crippen LogP contribution < -0.4 is 0 Å². The Morgan fingerprint density at radius 1 is 1.25 bits per heavy atom. The Labute approximate surface area is 121 Å². The van der Waals surface area contributed by atoms with E-state index in [0.717, 1.165) is 13.1 Å². The number of hydrogen-bond acceptors (Lipinski definition) is 4. The van der Waals surface area contributed by atoms with E-state index < -0.39 is 10.1 Å². The number of likely N-dealkylation sites (N-methyl/N-ethyl adjacent to an activating group) is 1. The standard InChI is InChI=1S/C13H25NO5S/c1-4-8-13(15)19-11-10-14(5-2,6-3)9-7-12-20(16,17)18/h4,8H,5-7,9-12H2,1-3H3/p+1. The number of carbonyl (C=O) groups is 1. The Bertz CT molecular complexity index is 412. The van der Waals surface area contributed by atoms with Gasteiger partial charge in [-0.25, -0.2) is 4.79 Å². The molecule has 0 heterocycles. The van der Waals surface area contributed by atoms with Gasteiger partial charge in [0.25, 0.3) is 10.1 Å². The van der Waals surface area contributed by atoms with Crippen LogP contribution in [-0.2, 0) is 19.6 Å². The Morgan fingerprint density at radius 2 is 1.85 bits per heavy atom. The Kier molecular flexibility index (Phi) is 8.68. The van der Waals surface area contributed by atoms with Gasteiger partial charge in [0.05, 0.1) is 25.4 Å². The van der Waals surface area contributed by atoms with Gasteiger partial charge in [-0.2, -0.15) is 8.42 Å². The normalized spacial score (nSPS) is 12.8. The first-order valence-electron chi connectivity index (χ1n) is 6.88. The molecule has 0 saturated carbocycles. The molecule has 0 aromatic rings. The topological polar surface area (TPSA) is 80.7 Å². The van der Waals surface area contributed by atoms with Crippen molar-refractivity contribution >= 4 is 16.1 Å². The highest BCUT2D eigenvalue weighted by atomic mass is 32.2. The lowest BCUT2D eigenvalue weighted by Crippen LogP contribution is -2.50. The minimum Gasteiger partial charge on any atom is -0.457 e. The van der Waals surface area contributed by atoms with Crippen molar-refractivity contribution in [2.75, 3.05) is 38.5 Å². The molecule has 0 saturated heterocycles. The van der Waals surface area contributed by atoms with Crippen molar-refractivity contribution < 1.29 is 27.0 Å². The maximum atomic E-state index is 11.2. The van der Waals surface area contributed by atoms with Crippen molar-refractivity contribution in [2.45, 2.75) is 27.2 Å². The molecule has 7 heteroatoms. The summed E-state index contributed by atoms with van der Waals surface area (Å²) in [6, 6.07) is 0. The van der Waals surface area contributed by atoms with Crippen molar-refractivity contribution in [3.8, 4) is 0 Å². The summed E-state index contributed by atoms with van der Waals surface area (Å²) in [7, 11) is -3.91. The van der Waals surface area contributed by atoms with Gasteiger partial charge in [0.2, 0.25) is 0 Å². The minimum atomic E-state index is -3.91. The lowest BCUT2D eigenvalue weighted by atomic mass is 10.3. The molecule has 0 radical (unpaired) electrons. The molecule has 0 aromatic carbocycles. The smallest absolute Gasteiger partial charge is 0.330 e. The second-order valence-corrected chi connectivity index (χ2v) is 6.30. The van der Waals surface area contributed by atoms with Gasteiger partial charge >= 0.3 is 5.97 Å². The molecule has 0 atom stereocenters. The van der Waals surface area contributed by atoms with E-state index in [4.69, 9.17) is 9.29 Å². The Balaban J connectivity index is 4.34. The van der Waals surface area contributed by atoms with Gasteiger partial charge in [0.1, 0.15) is 13.2 Å². The number of esters is 1. The van der Waals surface area contributed by atoms with E-state index in [2.05, 4.69) is 0 Å². The molecule has 20 heavy (non-hydrogen) atoms. The third-order valence-corrected chi connectivity index (χ3v) is 4.29. The van der Waals surface area contributed by atoms with Crippen LogP contribution >= 0.6 is 0 Å². The van der Waals surface area contributed by atoms with Gasteiger partial charge in [-0.1, -0.05) is 6.08 Å². The second-order valence-electron chi connectivity index (χ2n) is 4.73. The van der Waals surface area contributed by atoms with E-state index in [1.54, 1.807) is 13.0 Å². The molecule has 0 rings (SSSR count). The molecular formula is C13H26NO5S+. The van der Waals surface area contributed by atoms with Crippen LogP contribution in [0.15, 0.2) is 12.2 Å². The predicted octanol–water partition coefficient (Wildman–Crippen LogP) is 1.24. The van der Waals surface area contributed by atoms with Gasteiger partial charge in [0.15, 0.2) is 0 Å². The molecule has 6 nitrogen and oxygen atoms in total. The summed E-state index contributed by atoms with van der Waals surface area (Å²) in [5.74, 6) is -0.596. The van der Waals surface area contributed by atoms with Crippen molar-refractivity contribution in [3.63, 3.8) is 0 Å². The molecule has 0 fully saturated rings. The van der Waals surface area contributed by atoms with E-state index >= 15 is 0 Å². The van der Waals surface area contributed by atoms with Crippen LogP contribution in [0.3, 0.4) is 0 Å². The highest BCUT2D eigenvalue weighted by Gasteiger charge is 2.24. The Morgan fingerprint density at radius 3 is 2.30 bits per heavy atom. The van der Waals surface area contributed by atoms with E-state index in [9.17, 15) is 13.2 Å². The van der Waals surface area contributed by atoms with Crippen LogP contribution in [0, 0.1) is 0 Å². The average Bonchev–Trinajstić information content (AvgIpc) is 2.36. The molecule has 0 spiro atoms. The third-order valence-electron chi connectivity index (χ3n) is 3.49. The molecule has 0 aliphatic heterocycles. The molecule has 118 valence electrons. The summed E-state index contributed by atoms with van der Waals surface area (Å²) in [5, 5.41) is 0. The summed E-state index contributed by atoms with van der Waals surface area (Å²) in [4.78, 5) is 11.2. The van der Waals surface area contributed by atoms with Gasteiger partial charge in [-0.3, -0.25) is 4.55 Å². The van der Waals surface area contributed by atoms with Crippen molar-refractivity contribution in [2.24, 2.45) is 0 Å². The summed E-state index contributed by atoms with van der Waals surface area (Å²) in [6.07, 6.45) is 3.38. The maximum absolute atomic E-state index is 11.2. The number of quaternary nitrogens is 1. The number of ether oxygens (including phenoxy) is 1. The monoisotopic (exact) mass is 308 g/mol. The molecule has 0 aliphatic rings. The third kappa shape index (κ3) is 8.29.